The van der Waals surface area contributed by atoms with Gasteiger partial charge in [0.1, 0.15) is 0 Å². The van der Waals surface area contributed by atoms with Crippen molar-refractivity contribution in [2.24, 2.45) is 0 Å². The molecule has 0 aliphatic carbocycles. The molecule has 6 heteroatoms. The molecule has 3 N–H and O–H groups in total. The van der Waals surface area contributed by atoms with E-state index in [0.29, 0.717) is 11.4 Å². The predicted octanol–water partition coefficient (Wildman–Crippen LogP) is 0.789. The van der Waals surface area contributed by atoms with Crippen LogP contribution in [0.1, 0.15) is 22.8 Å². The number of hydrogen-bond acceptors (Lipinski definition) is 5. The first-order valence-electron chi connectivity index (χ1n) is 7.12. The largest absolute Gasteiger partial charge is 0.394 e. The van der Waals surface area contributed by atoms with Gasteiger partial charge < -0.3 is 15.5 Å². The van der Waals surface area contributed by atoms with Crippen molar-refractivity contribution in [2.45, 2.75) is 19.4 Å². The summed E-state index contributed by atoms with van der Waals surface area (Å²) in [7, 11) is 0. The Morgan fingerprint density at radius 2 is 1.86 bits per heavy atom. The Morgan fingerprint density at radius 3 is 2.41 bits per heavy atom. The molecule has 0 radical (unpaired) electrons. The molecule has 1 heterocycles. The molecule has 1 aromatic carbocycles. The number of aryl methyl sites for hydroxylation is 1. The number of aliphatic hydroxyl groups is 2. The van der Waals surface area contributed by atoms with Gasteiger partial charge in [0.2, 0.25) is 0 Å². The molecule has 0 bridgehead atoms. The fourth-order valence-corrected chi connectivity index (χ4v) is 1.83. The van der Waals surface area contributed by atoms with Crippen LogP contribution in [0.2, 0.25) is 0 Å². The van der Waals surface area contributed by atoms with Crippen LogP contribution in [0.4, 0.5) is 0 Å². The highest BCUT2D eigenvalue weighted by atomic mass is 16.3. The van der Waals surface area contributed by atoms with E-state index in [1.165, 1.54) is 0 Å². The SMILES string of the molecule is CCc1cnc(-c2ccc(C(=O)NCC(O)CO)cc2)nc1. The van der Waals surface area contributed by atoms with Crippen LogP contribution in [0.25, 0.3) is 11.4 Å². The zero-order valence-corrected chi connectivity index (χ0v) is 12.4. The van der Waals surface area contributed by atoms with Crippen LogP contribution < -0.4 is 5.32 Å². The third-order valence-corrected chi connectivity index (χ3v) is 3.23. The van der Waals surface area contributed by atoms with E-state index in [-0.39, 0.29) is 19.1 Å². The van der Waals surface area contributed by atoms with Gasteiger partial charge in [0.25, 0.3) is 5.91 Å². The second-order valence-electron chi connectivity index (χ2n) is 4.89. The summed E-state index contributed by atoms with van der Waals surface area (Å²) in [6.45, 7) is 1.67. The average Bonchev–Trinajstić information content (AvgIpc) is 2.59. The van der Waals surface area contributed by atoms with E-state index < -0.39 is 6.10 Å². The summed E-state index contributed by atoms with van der Waals surface area (Å²) in [5, 5.41) is 20.5. The Labute approximate surface area is 128 Å². The fraction of sp³-hybridized carbons (Fsp3) is 0.312. The number of aliphatic hydroxyl groups excluding tert-OH is 2. The summed E-state index contributed by atoms with van der Waals surface area (Å²) in [5.41, 5.74) is 2.37. The van der Waals surface area contributed by atoms with Crippen LogP contribution in [0, 0.1) is 0 Å². The van der Waals surface area contributed by atoms with Gasteiger partial charge in [-0.3, -0.25) is 4.79 Å². The van der Waals surface area contributed by atoms with E-state index in [0.717, 1.165) is 17.5 Å². The van der Waals surface area contributed by atoms with Gasteiger partial charge in [0.05, 0.1) is 12.7 Å². The molecule has 1 atom stereocenters. The molecule has 1 unspecified atom stereocenters. The zero-order chi connectivity index (χ0) is 15.9. The lowest BCUT2D eigenvalue weighted by molar-refractivity contribution is 0.0802. The molecule has 2 aromatic rings. The Balaban J connectivity index is 2.04. The highest BCUT2D eigenvalue weighted by molar-refractivity contribution is 5.94. The van der Waals surface area contributed by atoms with Crippen molar-refractivity contribution in [3.63, 3.8) is 0 Å². The number of benzene rings is 1. The maximum absolute atomic E-state index is 11.9. The van der Waals surface area contributed by atoms with Crippen molar-refractivity contribution >= 4 is 5.91 Å². The van der Waals surface area contributed by atoms with Crippen molar-refractivity contribution in [2.75, 3.05) is 13.2 Å². The number of carbonyl (C=O) groups is 1. The van der Waals surface area contributed by atoms with Gasteiger partial charge in [-0.25, -0.2) is 9.97 Å². The minimum absolute atomic E-state index is 0.0126. The van der Waals surface area contributed by atoms with Crippen LogP contribution in [0.5, 0.6) is 0 Å². The molecule has 0 saturated carbocycles. The normalized spacial score (nSPS) is 12.0. The number of hydrogen-bond donors (Lipinski definition) is 3. The average molecular weight is 301 g/mol. The third kappa shape index (κ3) is 4.09. The Hall–Kier alpha value is -2.31. The number of amides is 1. The van der Waals surface area contributed by atoms with Crippen molar-refractivity contribution in [1.82, 2.24) is 15.3 Å². The molecule has 6 nitrogen and oxygen atoms in total. The first-order chi connectivity index (χ1) is 10.6. The first-order valence-corrected chi connectivity index (χ1v) is 7.12. The van der Waals surface area contributed by atoms with Crippen molar-refractivity contribution in [1.29, 1.82) is 0 Å². The van der Waals surface area contributed by atoms with Crippen LogP contribution in [-0.4, -0.2) is 45.3 Å². The van der Waals surface area contributed by atoms with Crippen LogP contribution in [0.3, 0.4) is 0 Å². The highest BCUT2D eigenvalue weighted by Crippen LogP contribution is 2.15. The maximum Gasteiger partial charge on any atom is 0.251 e. The van der Waals surface area contributed by atoms with Crippen molar-refractivity contribution in [3.05, 3.63) is 47.8 Å². The quantitative estimate of drug-likeness (QED) is 0.733. The Morgan fingerprint density at radius 1 is 1.23 bits per heavy atom. The second-order valence-corrected chi connectivity index (χ2v) is 4.89. The molecule has 22 heavy (non-hydrogen) atoms. The van der Waals surface area contributed by atoms with E-state index in [1.54, 1.807) is 36.7 Å². The monoisotopic (exact) mass is 301 g/mol. The summed E-state index contributed by atoms with van der Waals surface area (Å²) in [6.07, 6.45) is 3.52. The number of rotatable bonds is 6. The smallest absolute Gasteiger partial charge is 0.251 e. The van der Waals surface area contributed by atoms with E-state index in [4.69, 9.17) is 5.11 Å². The fourth-order valence-electron chi connectivity index (χ4n) is 1.83. The molecular weight excluding hydrogens is 282 g/mol. The predicted molar refractivity (Wildman–Crippen MR) is 82.3 cm³/mol. The lowest BCUT2D eigenvalue weighted by Crippen LogP contribution is -2.33. The summed E-state index contributed by atoms with van der Waals surface area (Å²) in [5.74, 6) is 0.307. The maximum atomic E-state index is 11.9. The third-order valence-electron chi connectivity index (χ3n) is 3.23. The number of aromatic nitrogens is 2. The standard InChI is InChI=1S/C16H19N3O3/c1-2-11-7-17-15(18-8-11)12-3-5-13(6-4-12)16(22)19-9-14(21)10-20/h3-8,14,20-21H,2,9-10H2,1H3,(H,19,22). The van der Waals surface area contributed by atoms with Crippen molar-refractivity contribution in [3.8, 4) is 11.4 Å². The van der Waals surface area contributed by atoms with Crippen LogP contribution >= 0.6 is 0 Å². The van der Waals surface area contributed by atoms with Gasteiger partial charge >= 0.3 is 0 Å². The number of nitrogens with one attached hydrogen (secondary N) is 1. The molecule has 0 fully saturated rings. The van der Waals surface area contributed by atoms with E-state index in [9.17, 15) is 9.90 Å². The van der Waals surface area contributed by atoms with Gasteiger partial charge in [0, 0.05) is 30.1 Å². The molecule has 0 saturated heterocycles. The van der Waals surface area contributed by atoms with Gasteiger partial charge in [-0.15, -0.1) is 0 Å². The van der Waals surface area contributed by atoms with Crippen molar-refractivity contribution < 1.29 is 15.0 Å². The topological polar surface area (TPSA) is 95.3 Å². The molecule has 0 aliphatic heterocycles. The minimum atomic E-state index is -0.950. The molecule has 0 spiro atoms. The minimum Gasteiger partial charge on any atom is -0.394 e. The van der Waals surface area contributed by atoms with Crippen LogP contribution in [0.15, 0.2) is 36.7 Å². The van der Waals surface area contributed by atoms with Gasteiger partial charge in [-0.05, 0) is 24.1 Å². The highest BCUT2D eigenvalue weighted by Gasteiger charge is 2.09. The Kier molecular flexibility index (Phi) is 5.57. The second kappa shape index (κ2) is 7.63. The molecule has 1 amide bonds. The lowest BCUT2D eigenvalue weighted by Gasteiger charge is -2.09. The number of nitrogens with zero attached hydrogens (tertiary/aromatic N) is 2. The van der Waals surface area contributed by atoms with Gasteiger partial charge in [-0.1, -0.05) is 19.1 Å². The zero-order valence-electron chi connectivity index (χ0n) is 12.4. The first kappa shape index (κ1) is 16.1. The van der Waals surface area contributed by atoms with E-state index in [1.807, 2.05) is 6.92 Å². The lowest BCUT2D eigenvalue weighted by atomic mass is 10.1. The van der Waals surface area contributed by atoms with Crippen LogP contribution in [-0.2, 0) is 6.42 Å². The molecular formula is C16H19N3O3. The summed E-state index contributed by atoms with van der Waals surface area (Å²) < 4.78 is 0. The Bertz CT molecular complexity index is 612. The number of carbonyl (C=O) groups excluding carboxylic acids is 1. The molecule has 0 aliphatic rings. The summed E-state index contributed by atoms with van der Waals surface area (Å²) in [4.78, 5) is 20.4. The molecule has 116 valence electrons. The molecule has 1 aromatic heterocycles. The summed E-state index contributed by atoms with van der Waals surface area (Å²) in [6, 6.07) is 6.90. The van der Waals surface area contributed by atoms with E-state index in [2.05, 4.69) is 15.3 Å². The van der Waals surface area contributed by atoms with Gasteiger partial charge in [0.15, 0.2) is 5.82 Å². The summed E-state index contributed by atoms with van der Waals surface area (Å²) >= 11 is 0. The molecule has 2 rings (SSSR count). The van der Waals surface area contributed by atoms with Gasteiger partial charge in [-0.2, -0.15) is 0 Å². The van der Waals surface area contributed by atoms with E-state index >= 15 is 0 Å².